The molecule has 0 amide bonds. The van der Waals surface area contributed by atoms with Crippen molar-refractivity contribution in [3.05, 3.63) is 0 Å². The highest BCUT2D eigenvalue weighted by Gasteiger charge is 2.47. The lowest BCUT2D eigenvalue weighted by molar-refractivity contribution is -0.164. The first kappa shape index (κ1) is 11.7. The topological polar surface area (TPSA) is 82.3 Å². The van der Waals surface area contributed by atoms with E-state index in [1.165, 1.54) is 11.8 Å². The van der Waals surface area contributed by atoms with Gasteiger partial charge in [-0.15, -0.1) is 0 Å². The molecule has 1 fully saturated rings. The van der Waals surface area contributed by atoms with Gasteiger partial charge < -0.3 is 20.1 Å². The predicted octanol–water partition coefficient (Wildman–Crippen LogP) is -1.13. The summed E-state index contributed by atoms with van der Waals surface area (Å²) in [5.74, 6) is 0.494. The Kier molecular flexibility index (Phi) is 3.59. The van der Waals surface area contributed by atoms with Gasteiger partial charge in [-0.2, -0.15) is 12.6 Å². The Hall–Kier alpha value is 0.210. The molecule has 2 rings (SSSR count). The van der Waals surface area contributed by atoms with Crippen LogP contribution in [0.15, 0.2) is 4.99 Å². The minimum atomic E-state index is -1.08. The third-order valence-electron chi connectivity index (χ3n) is 2.53. The van der Waals surface area contributed by atoms with Crippen LogP contribution >= 0.6 is 24.4 Å². The fourth-order valence-corrected chi connectivity index (χ4v) is 3.10. The molecule has 1 saturated heterocycles. The zero-order chi connectivity index (χ0) is 11.0. The Morgan fingerprint density at radius 3 is 2.73 bits per heavy atom. The first-order valence-electron chi connectivity index (χ1n) is 4.64. The van der Waals surface area contributed by atoms with Crippen LogP contribution in [-0.2, 0) is 4.74 Å². The van der Waals surface area contributed by atoms with Crippen LogP contribution in [0.3, 0.4) is 0 Å². The Labute approximate surface area is 97.0 Å². The maximum absolute atomic E-state index is 9.78. The maximum atomic E-state index is 9.78. The molecule has 15 heavy (non-hydrogen) atoms. The van der Waals surface area contributed by atoms with Crippen molar-refractivity contribution in [2.24, 2.45) is 4.99 Å². The van der Waals surface area contributed by atoms with E-state index in [0.717, 1.165) is 5.04 Å². The zero-order valence-electron chi connectivity index (χ0n) is 7.85. The largest absolute Gasteiger partial charge is 0.394 e. The van der Waals surface area contributed by atoms with E-state index in [-0.39, 0.29) is 12.0 Å². The molecule has 5 atom stereocenters. The quantitative estimate of drug-likeness (QED) is 0.467. The molecule has 0 unspecified atom stereocenters. The van der Waals surface area contributed by atoms with Gasteiger partial charge in [0.25, 0.3) is 0 Å². The Bertz CT molecular complexity index is 275. The highest BCUT2D eigenvalue weighted by molar-refractivity contribution is 8.15. The number of hydrogen-bond donors (Lipinski definition) is 4. The molecule has 0 aromatic heterocycles. The Morgan fingerprint density at radius 2 is 2.13 bits per heavy atom. The molecule has 0 aromatic carbocycles. The van der Waals surface area contributed by atoms with Crippen molar-refractivity contribution in [2.75, 3.05) is 12.4 Å². The SMILES string of the molecule is OC[C@H]1O[C@@H]2SC(CS)=N[C@@H]2[C@@H](O)[C@@H]1O. The van der Waals surface area contributed by atoms with Crippen LogP contribution in [-0.4, -0.2) is 62.5 Å². The van der Waals surface area contributed by atoms with E-state index in [2.05, 4.69) is 17.6 Å². The third kappa shape index (κ3) is 2.04. The number of aliphatic imine (C=N–C) groups is 1. The van der Waals surface area contributed by atoms with Crippen LogP contribution in [0.25, 0.3) is 0 Å². The van der Waals surface area contributed by atoms with Crippen LogP contribution < -0.4 is 0 Å². The summed E-state index contributed by atoms with van der Waals surface area (Å²) in [6, 6.07) is -0.449. The fourth-order valence-electron chi connectivity index (χ4n) is 1.71. The number of fused-ring (bicyclic) bond motifs is 1. The molecule has 86 valence electrons. The molecule has 7 heteroatoms. The summed E-state index contributed by atoms with van der Waals surface area (Å²) < 4.78 is 5.43. The summed E-state index contributed by atoms with van der Waals surface area (Å²) in [5.41, 5.74) is -0.317. The molecule has 0 radical (unpaired) electrons. The van der Waals surface area contributed by atoms with E-state index in [1.807, 2.05) is 0 Å². The van der Waals surface area contributed by atoms with Gasteiger partial charge in [0.1, 0.15) is 29.8 Å². The monoisotopic (exact) mass is 251 g/mol. The zero-order valence-corrected chi connectivity index (χ0v) is 9.56. The van der Waals surface area contributed by atoms with Gasteiger partial charge in [-0.05, 0) is 0 Å². The molecule has 2 aliphatic rings. The summed E-state index contributed by atoms with van der Waals surface area (Å²) in [7, 11) is 0. The van der Waals surface area contributed by atoms with Crippen LogP contribution in [0.4, 0.5) is 0 Å². The number of nitrogens with zero attached hydrogens (tertiary/aromatic N) is 1. The number of hydrogen-bond acceptors (Lipinski definition) is 7. The van der Waals surface area contributed by atoms with Gasteiger partial charge in [-0.3, -0.25) is 4.99 Å². The van der Waals surface area contributed by atoms with E-state index in [1.54, 1.807) is 0 Å². The molecule has 0 aliphatic carbocycles. The minimum absolute atomic E-state index is 0.307. The Morgan fingerprint density at radius 1 is 1.40 bits per heavy atom. The molecule has 2 heterocycles. The van der Waals surface area contributed by atoms with Crippen molar-refractivity contribution in [1.82, 2.24) is 0 Å². The van der Waals surface area contributed by atoms with Gasteiger partial charge in [-0.1, -0.05) is 11.8 Å². The van der Waals surface area contributed by atoms with Gasteiger partial charge >= 0.3 is 0 Å². The molecule has 0 spiro atoms. The molecular formula is C8H13NO4S2. The second-order valence-corrected chi connectivity index (χ2v) is 4.98. The average molecular weight is 251 g/mol. The van der Waals surface area contributed by atoms with Crippen LogP contribution in [0.5, 0.6) is 0 Å². The number of aliphatic hydroxyl groups is 3. The van der Waals surface area contributed by atoms with Crippen molar-refractivity contribution in [1.29, 1.82) is 0 Å². The van der Waals surface area contributed by atoms with E-state index in [4.69, 9.17) is 9.84 Å². The third-order valence-corrected chi connectivity index (χ3v) is 4.19. The maximum Gasteiger partial charge on any atom is 0.134 e. The normalized spacial score (nSPS) is 45.1. The van der Waals surface area contributed by atoms with Gasteiger partial charge in [0.15, 0.2) is 0 Å². The molecule has 0 aromatic rings. The van der Waals surface area contributed by atoms with E-state index in [0.29, 0.717) is 5.75 Å². The first-order valence-corrected chi connectivity index (χ1v) is 6.15. The average Bonchev–Trinajstić information content (AvgIpc) is 2.66. The van der Waals surface area contributed by atoms with Crippen molar-refractivity contribution in [3.8, 4) is 0 Å². The van der Waals surface area contributed by atoms with Gasteiger partial charge in [-0.25, -0.2) is 0 Å². The number of thioether (sulfide) groups is 1. The highest BCUT2D eigenvalue weighted by Crippen LogP contribution is 2.36. The molecular weight excluding hydrogens is 238 g/mol. The minimum Gasteiger partial charge on any atom is -0.394 e. The molecule has 3 N–H and O–H groups in total. The molecule has 2 aliphatic heterocycles. The van der Waals surface area contributed by atoms with E-state index >= 15 is 0 Å². The molecule has 5 nitrogen and oxygen atoms in total. The van der Waals surface area contributed by atoms with Gasteiger partial charge in [0.2, 0.25) is 0 Å². The second kappa shape index (κ2) is 4.60. The van der Waals surface area contributed by atoms with Crippen LogP contribution in [0.1, 0.15) is 0 Å². The van der Waals surface area contributed by atoms with Gasteiger partial charge in [0.05, 0.1) is 11.7 Å². The van der Waals surface area contributed by atoms with E-state index < -0.39 is 24.4 Å². The Balaban J connectivity index is 2.12. The first-order chi connectivity index (χ1) is 7.17. The number of rotatable bonds is 2. The number of ether oxygens (including phenoxy) is 1. The lowest BCUT2D eigenvalue weighted by Gasteiger charge is -2.37. The highest BCUT2D eigenvalue weighted by atomic mass is 32.2. The lowest BCUT2D eigenvalue weighted by atomic mass is 9.99. The van der Waals surface area contributed by atoms with Crippen molar-refractivity contribution in [3.63, 3.8) is 0 Å². The van der Waals surface area contributed by atoms with Crippen molar-refractivity contribution < 1.29 is 20.1 Å². The van der Waals surface area contributed by atoms with Crippen LogP contribution in [0.2, 0.25) is 0 Å². The predicted molar refractivity (Wildman–Crippen MR) is 60.4 cm³/mol. The van der Waals surface area contributed by atoms with Crippen molar-refractivity contribution >= 4 is 29.4 Å². The summed E-state index contributed by atoms with van der Waals surface area (Å²) >= 11 is 5.48. The summed E-state index contributed by atoms with van der Waals surface area (Å²) in [5, 5.41) is 29.1. The second-order valence-electron chi connectivity index (χ2n) is 3.50. The summed E-state index contributed by atoms with van der Waals surface area (Å²) in [6.45, 7) is -0.307. The smallest absolute Gasteiger partial charge is 0.134 e. The molecule has 0 bridgehead atoms. The van der Waals surface area contributed by atoms with Crippen molar-refractivity contribution in [2.45, 2.75) is 29.8 Å². The lowest BCUT2D eigenvalue weighted by Crippen LogP contribution is -2.55. The number of aliphatic hydroxyl groups excluding tert-OH is 3. The molecule has 0 saturated carbocycles. The summed E-state index contributed by atoms with van der Waals surface area (Å²) in [4.78, 5) is 4.22. The van der Waals surface area contributed by atoms with Gasteiger partial charge in [0, 0.05) is 5.75 Å². The van der Waals surface area contributed by atoms with Crippen LogP contribution in [0, 0.1) is 0 Å². The number of thiol groups is 1. The van der Waals surface area contributed by atoms with E-state index in [9.17, 15) is 10.2 Å². The standard InChI is InChI=1S/C8H13NO4S2/c10-1-3-6(11)7(12)5-8(13-3)15-4(2-14)9-5/h3,5-8,10-12,14H,1-2H2/t3-,5-,6-,7-,8-/m1/s1. The fraction of sp³-hybridized carbons (Fsp3) is 0.875. The summed E-state index contributed by atoms with van der Waals surface area (Å²) in [6.07, 6.45) is -2.80.